The van der Waals surface area contributed by atoms with Gasteiger partial charge in [-0.15, -0.1) is 0 Å². The van der Waals surface area contributed by atoms with E-state index in [1.807, 2.05) is 6.07 Å². The Morgan fingerprint density at radius 3 is 2.50 bits per heavy atom. The molecule has 0 amide bonds. The van der Waals surface area contributed by atoms with Crippen molar-refractivity contribution in [2.24, 2.45) is 0 Å². The summed E-state index contributed by atoms with van der Waals surface area (Å²) in [6.07, 6.45) is 3.17. The van der Waals surface area contributed by atoms with Crippen LogP contribution in [-0.2, 0) is 17.9 Å². The van der Waals surface area contributed by atoms with E-state index in [0.29, 0.717) is 6.73 Å². The van der Waals surface area contributed by atoms with E-state index in [1.165, 1.54) is 16.8 Å². The van der Waals surface area contributed by atoms with Gasteiger partial charge in [0.25, 0.3) is 0 Å². The molecule has 0 aliphatic heterocycles. The summed E-state index contributed by atoms with van der Waals surface area (Å²) in [5.41, 5.74) is 3.82. The first-order valence-corrected chi connectivity index (χ1v) is 5.58. The lowest BCUT2D eigenvalue weighted by atomic mass is 10.1. The Kier molecular flexibility index (Phi) is 3.42. The van der Waals surface area contributed by atoms with Crippen LogP contribution in [-0.4, -0.2) is 11.7 Å². The van der Waals surface area contributed by atoms with Crippen LogP contribution in [0.5, 0.6) is 0 Å². The molecular formula is C14H17NO. The standard InChI is InChI=1S/C14H17NO/c1-3-14-9-13(10-15(14)11-16-2)12-7-5-4-6-8-12/h4-10H,3,11H2,1-2H3. The fraction of sp³-hybridized carbons (Fsp3) is 0.286. The molecule has 1 heterocycles. The van der Waals surface area contributed by atoms with Gasteiger partial charge in [0.05, 0.1) is 0 Å². The van der Waals surface area contributed by atoms with Crippen molar-refractivity contribution in [2.45, 2.75) is 20.1 Å². The number of hydrogen-bond donors (Lipinski definition) is 0. The normalized spacial score (nSPS) is 10.6. The van der Waals surface area contributed by atoms with Crippen LogP contribution < -0.4 is 0 Å². The highest BCUT2D eigenvalue weighted by molar-refractivity contribution is 5.63. The van der Waals surface area contributed by atoms with Crippen molar-refractivity contribution in [2.75, 3.05) is 7.11 Å². The van der Waals surface area contributed by atoms with Gasteiger partial charge in [-0.05, 0) is 23.6 Å². The number of ether oxygens (including phenoxy) is 1. The van der Waals surface area contributed by atoms with Crippen LogP contribution in [0.25, 0.3) is 11.1 Å². The van der Waals surface area contributed by atoms with Crippen LogP contribution in [0.1, 0.15) is 12.6 Å². The van der Waals surface area contributed by atoms with Crippen molar-refractivity contribution in [1.29, 1.82) is 0 Å². The number of aryl methyl sites for hydroxylation is 1. The van der Waals surface area contributed by atoms with Gasteiger partial charge in [0.1, 0.15) is 6.73 Å². The monoisotopic (exact) mass is 215 g/mol. The molecule has 2 heteroatoms. The number of benzene rings is 1. The zero-order valence-corrected chi connectivity index (χ0v) is 9.81. The first kappa shape index (κ1) is 11.0. The summed E-state index contributed by atoms with van der Waals surface area (Å²) in [5.74, 6) is 0. The molecule has 1 aromatic carbocycles. The second kappa shape index (κ2) is 4.99. The predicted octanol–water partition coefficient (Wildman–Crippen LogP) is 3.32. The topological polar surface area (TPSA) is 14.2 Å². The lowest BCUT2D eigenvalue weighted by Gasteiger charge is -2.04. The predicted molar refractivity (Wildman–Crippen MR) is 66.3 cm³/mol. The maximum Gasteiger partial charge on any atom is 0.122 e. The van der Waals surface area contributed by atoms with E-state index in [-0.39, 0.29) is 0 Å². The quantitative estimate of drug-likeness (QED) is 0.763. The van der Waals surface area contributed by atoms with Crippen molar-refractivity contribution in [3.05, 3.63) is 48.3 Å². The lowest BCUT2D eigenvalue weighted by molar-refractivity contribution is 0.129. The van der Waals surface area contributed by atoms with E-state index in [0.717, 1.165) is 6.42 Å². The van der Waals surface area contributed by atoms with Gasteiger partial charge in [-0.2, -0.15) is 0 Å². The number of methoxy groups -OCH3 is 1. The van der Waals surface area contributed by atoms with Gasteiger partial charge in [0.15, 0.2) is 0 Å². The van der Waals surface area contributed by atoms with E-state index < -0.39 is 0 Å². The molecule has 0 aliphatic carbocycles. The third kappa shape index (κ3) is 2.17. The summed E-state index contributed by atoms with van der Waals surface area (Å²) in [5, 5.41) is 0. The maximum absolute atomic E-state index is 5.18. The molecule has 0 fully saturated rings. The van der Waals surface area contributed by atoms with Gasteiger partial charge in [0.2, 0.25) is 0 Å². The van der Waals surface area contributed by atoms with Crippen LogP contribution in [0, 0.1) is 0 Å². The largest absolute Gasteiger partial charge is 0.364 e. The minimum absolute atomic E-state index is 0.621. The second-order valence-corrected chi connectivity index (χ2v) is 3.83. The zero-order chi connectivity index (χ0) is 11.4. The number of nitrogens with zero attached hydrogens (tertiary/aromatic N) is 1. The lowest BCUT2D eigenvalue weighted by Crippen LogP contribution is -2.01. The van der Waals surface area contributed by atoms with Crippen LogP contribution >= 0.6 is 0 Å². The Hall–Kier alpha value is -1.54. The molecule has 2 nitrogen and oxygen atoms in total. The van der Waals surface area contributed by atoms with Gasteiger partial charge < -0.3 is 9.30 Å². The summed E-state index contributed by atoms with van der Waals surface area (Å²) >= 11 is 0. The van der Waals surface area contributed by atoms with E-state index in [9.17, 15) is 0 Å². The Morgan fingerprint density at radius 2 is 1.88 bits per heavy atom. The molecule has 0 atom stereocenters. The average molecular weight is 215 g/mol. The van der Waals surface area contributed by atoms with Crippen LogP contribution in [0.15, 0.2) is 42.6 Å². The SMILES string of the molecule is CCc1cc(-c2ccccc2)cn1COC. The fourth-order valence-corrected chi connectivity index (χ4v) is 1.90. The van der Waals surface area contributed by atoms with Crippen molar-refractivity contribution in [3.63, 3.8) is 0 Å². The van der Waals surface area contributed by atoms with Gasteiger partial charge in [-0.1, -0.05) is 37.3 Å². The molecule has 2 rings (SSSR count). The van der Waals surface area contributed by atoms with Crippen LogP contribution in [0.3, 0.4) is 0 Å². The van der Waals surface area contributed by atoms with Crippen molar-refractivity contribution < 1.29 is 4.74 Å². The first-order valence-electron chi connectivity index (χ1n) is 5.58. The van der Waals surface area contributed by atoms with Crippen molar-refractivity contribution in [3.8, 4) is 11.1 Å². The highest BCUT2D eigenvalue weighted by Crippen LogP contribution is 2.22. The zero-order valence-electron chi connectivity index (χ0n) is 9.81. The summed E-state index contributed by atoms with van der Waals surface area (Å²) in [4.78, 5) is 0. The Labute approximate surface area is 96.5 Å². The summed E-state index contributed by atoms with van der Waals surface area (Å²) in [6, 6.07) is 12.7. The average Bonchev–Trinajstić information content (AvgIpc) is 2.74. The van der Waals surface area contributed by atoms with E-state index >= 15 is 0 Å². The van der Waals surface area contributed by atoms with E-state index in [4.69, 9.17) is 4.74 Å². The Bertz CT molecular complexity index is 445. The van der Waals surface area contributed by atoms with Gasteiger partial charge in [0, 0.05) is 19.0 Å². The fourth-order valence-electron chi connectivity index (χ4n) is 1.90. The Morgan fingerprint density at radius 1 is 1.12 bits per heavy atom. The molecule has 1 aromatic heterocycles. The van der Waals surface area contributed by atoms with E-state index in [2.05, 4.69) is 48.0 Å². The molecule has 0 saturated heterocycles. The smallest absolute Gasteiger partial charge is 0.122 e. The third-order valence-corrected chi connectivity index (χ3v) is 2.72. The molecule has 0 aliphatic rings. The van der Waals surface area contributed by atoms with Crippen molar-refractivity contribution in [1.82, 2.24) is 4.57 Å². The molecule has 2 aromatic rings. The first-order chi connectivity index (χ1) is 7.85. The van der Waals surface area contributed by atoms with Crippen LogP contribution in [0.2, 0.25) is 0 Å². The number of rotatable bonds is 4. The molecule has 0 spiro atoms. The third-order valence-electron chi connectivity index (χ3n) is 2.72. The maximum atomic E-state index is 5.18. The Balaban J connectivity index is 2.36. The summed E-state index contributed by atoms with van der Waals surface area (Å²) in [6.45, 7) is 2.78. The van der Waals surface area contributed by atoms with E-state index in [1.54, 1.807) is 7.11 Å². The second-order valence-electron chi connectivity index (χ2n) is 3.83. The summed E-state index contributed by atoms with van der Waals surface area (Å²) < 4.78 is 7.34. The molecule has 0 unspecified atom stereocenters. The van der Waals surface area contributed by atoms with Gasteiger partial charge in [-0.25, -0.2) is 0 Å². The molecular weight excluding hydrogens is 198 g/mol. The minimum Gasteiger partial charge on any atom is -0.364 e. The molecule has 0 bridgehead atoms. The van der Waals surface area contributed by atoms with Crippen molar-refractivity contribution >= 4 is 0 Å². The highest BCUT2D eigenvalue weighted by atomic mass is 16.5. The molecule has 0 N–H and O–H groups in total. The van der Waals surface area contributed by atoms with Gasteiger partial charge >= 0.3 is 0 Å². The molecule has 16 heavy (non-hydrogen) atoms. The number of hydrogen-bond acceptors (Lipinski definition) is 1. The highest BCUT2D eigenvalue weighted by Gasteiger charge is 2.05. The molecule has 0 saturated carbocycles. The number of aromatic nitrogens is 1. The minimum atomic E-state index is 0.621. The summed E-state index contributed by atoms with van der Waals surface area (Å²) in [7, 11) is 1.72. The van der Waals surface area contributed by atoms with Gasteiger partial charge in [-0.3, -0.25) is 0 Å². The molecule has 0 radical (unpaired) electrons. The molecule has 84 valence electrons. The van der Waals surface area contributed by atoms with Crippen LogP contribution in [0.4, 0.5) is 0 Å².